The lowest BCUT2D eigenvalue weighted by atomic mass is 10.2. The van der Waals surface area contributed by atoms with Gasteiger partial charge >= 0.3 is 0 Å². The number of rotatable bonds is 6. The van der Waals surface area contributed by atoms with Crippen molar-refractivity contribution in [2.75, 3.05) is 19.0 Å². The smallest absolute Gasteiger partial charge is 0.273 e. The van der Waals surface area contributed by atoms with Crippen LogP contribution in [0.5, 0.6) is 11.5 Å². The maximum atomic E-state index is 13.4. The minimum Gasteiger partial charge on any atom is -0.493 e. The number of carbonyl (C=O) groups excluding carboxylic acids is 1. The van der Waals surface area contributed by atoms with E-state index in [1.807, 2.05) is 0 Å². The first-order valence-corrected chi connectivity index (χ1v) is 6.92. The number of halogens is 1. The SMILES string of the molecule is COc1ccc([N+](=O)[O-])cc1OCC(=O)Nc1ccc(C)c(F)c1. The predicted octanol–water partition coefficient (Wildman–Crippen LogP) is 3.07. The molecule has 0 aliphatic heterocycles. The lowest BCUT2D eigenvalue weighted by Gasteiger charge is -2.11. The van der Waals surface area contributed by atoms with Gasteiger partial charge in [0.2, 0.25) is 0 Å². The molecule has 0 heterocycles. The number of anilines is 1. The number of methoxy groups -OCH3 is 1. The van der Waals surface area contributed by atoms with Crippen molar-refractivity contribution < 1.29 is 23.6 Å². The standard InChI is InChI=1S/C16H15FN2O5/c1-10-3-4-11(7-13(10)17)18-16(20)9-24-15-8-12(19(21)22)5-6-14(15)23-2/h3-8H,9H2,1-2H3,(H,18,20). The van der Waals surface area contributed by atoms with E-state index in [1.54, 1.807) is 13.0 Å². The van der Waals surface area contributed by atoms with Crippen LogP contribution in [0.4, 0.5) is 15.8 Å². The number of amides is 1. The topological polar surface area (TPSA) is 90.7 Å². The van der Waals surface area contributed by atoms with Crippen LogP contribution >= 0.6 is 0 Å². The normalized spacial score (nSPS) is 10.1. The summed E-state index contributed by atoms with van der Waals surface area (Å²) in [6.07, 6.45) is 0. The van der Waals surface area contributed by atoms with Crippen LogP contribution in [0.25, 0.3) is 0 Å². The molecule has 24 heavy (non-hydrogen) atoms. The molecule has 0 bridgehead atoms. The van der Waals surface area contributed by atoms with Crippen LogP contribution in [0.15, 0.2) is 36.4 Å². The van der Waals surface area contributed by atoms with Crippen LogP contribution < -0.4 is 14.8 Å². The quantitative estimate of drug-likeness (QED) is 0.647. The van der Waals surface area contributed by atoms with Crippen molar-refractivity contribution in [3.8, 4) is 11.5 Å². The van der Waals surface area contributed by atoms with Gasteiger partial charge in [0.05, 0.1) is 18.1 Å². The van der Waals surface area contributed by atoms with Gasteiger partial charge in [-0.25, -0.2) is 4.39 Å². The molecule has 0 fully saturated rings. The summed E-state index contributed by atoms with van der Waals surface area (Å²) in [6.45, 7) is 1.20. The molecule has 0 aliphatic carbocycles. The molecule has 2 rings (SSSR count). The molecule has 0 radical (unpaired) electrons. The summed E-state index contributed by atoms with van der Waals surface area (Å²) in [6, 6.07) is 8.10. The van der Waals surface area contributed by atoms with Gasteiger partial charge in [0, 0.05) is 11.8 Å². The molecule has 7 nitrogen and oxygen atoms in total. The summed E-state index contributed by atoms with van der Waals surface area (Å²) in [5.74, 6) is -0.646. The van der Waals surface area contributed by atoms with Gasteiger partial charge in [0.15, 0.2) is 18.1 Å². The van der Waals surface area contributed by atoms with Gasteiger partial charge in [-0.15, -0.1) is 0 Å². The molecular weight excluding hydrogens is 319 g/mol. The molecule has 1 amide bonds. The average molecular weight is 334 g/mol. The first-order valence-electron chi connectivity index (χ1n) is 6.92. The van der Waals surface area contributed by atoms with Crippen LogP contribution in [0, 0.1) is 22.9 Å². The third-order valence-corrected chi connectivity index (χ3v) is 3.17. The lowest BCUT2D eigenvalue weighted by molar-refractivity contribution is -0.385. The van der Waals surface area contributed by atoms with Gasteiger partial charge in [0.1, 0.15) is 5.82 Å². The number of nitro groups is 1. The Hall–Kier alpha value is -3.16. The third-order valence-electron chi connectivity index (χ3n) is 3.17. The number of ether oxygens (including phenoxy) is 2. The third kappa shape index (κ3) is 4.19. The molecule has 0 unspecified atom stereocenters. The predicted molar refractivity (Wildman–Crippen MR) is 84.9 cm³/mol. The molecule has 1 N–H and O–H groups in total. The minimum atomic E-state index is -0.582. The molecular formula is C16H15FN2O5. The van der Waals surface area contributed by atoms with Gasteiger partial charge in [-0.2, -0.15) is 0 Å². The number of hydrogen-bond donors (Lipinski definition) is 1. The van der Waals surface area contributed by atoms with E-state index in [1.165, 1.54) is 31.4 Å². The monoisotopic (exact) mass is 334 g/mol. The van der Waals surface area contributed by atoms with Crippen LogP contribution in [0.3, 0.4) is 0 Å². The zero-order valence-corrected chi connectivity index (χ0v) is 13.0. The highest BCUT2D eigenvalue weighted by Gasteiger charge is 2.14. The van der Waals surface area contributed by atoms with E-state index >= 15 is 0 Å². The van der Waals surface area contributed by atoms with Crippen molar-refractivity contribution >= 4 is 17.3 Å². The Morgan fingerprint density at radius 1 is 1.25 bits per heavy atom. The van der Waals surface area contributed by atoms with Crippen LogP contribution in [-0.2, 0) is 4.79 Å². The number of nitro benzene ring substituents is 1. The molecule has 0 atom stereocenters. The second kappa shape index (κ2) is 7.40. The van der Waals surface area contributed by atoms with Crippen molar-refractivity contribution in [1.82, 2.24) is 0 Å². The summed E-state index contributed by atoms with van der Waals surface area (Å²) in [5, 5.41) is 13.3. The van der Waals surface area contributed by atoms with Crippen molar-refractivity contribution in [2.45, 2.75) is 6.92 Å². The van der Waals surface area contributed by atoms with E-state index < -0.39 is 23.3 Å². The van der Waals surface area contributed by atoms with Crippen LogP contribution in [0.1, 0.15) is 5.56 Å². The first-order chi connectivity index (χ1) is 11.4. The van der Waals surface area contributed by atoms with Gasteiger partial charge in [-0.3, -0.25) is 14.9 Å². The van der Waals surface area contributed by atoms with Gasteiger partial charge in [-0.1, -0.05) is 6.07 Å². The molecule has 0 saturated heterocycles. The Morgan fingerprint density at radius 2 is 2.00 bits per heavy atom. The van der Waals surface area contributed by atoms with Crippen LogP contribution in [-0.4, -0.2) is 24.5 Å². The van der Waals surface area contributed by atoms with Gasteiger partial charge in [-0.05, 0) is 30.7 Å². The zero-order valence-electron chi connectivity index (χ0n) is 13.0. The van der Waals surface area contributed by atoms with E-state index in [4.69, 9.17) is 9.47 Å². The second-order valence-corrected chi connectivity index (χ2v) is 4.89. The second-order valence-electron chi connectivity index (χ2n) is 4.89. The Kier molecular flexibility index (Phi) is 5.31. The number of nitrogens with one attached hydrogen (secondary N) is 1. The number of non-ortho nitro benzene ring substituents is 1. The average Bonchev–Trinajstić information content (AvgIpc) is 2.56. The molecule has 0 saturated carbocycles. The number of carbonyl (C=O) groups is 1. The summed E-state index contributed by atoms with van der Waals surface area (Å²) in [7, 11) is 1.38. The molecule has 0 spiro atoms. The number of aryl methyl sites for hydroxylation is 1. The molecule has 8 heteroatoms. The van der Waals surface area contributed by atoms with Crippen molar-refractivity contribution in [3.05, 3.63) is 57.9 Å². The van der Waals surface area contributed by atoms with E-state index in [-0.39, 0.29) is 22.9 Å². The Bertz CT molecular complexity index is 779. The summed E-state index contributed by atoms with van der Waals surface area (Å²) in [5.41, 5.74) is 0.565. The molecule has 126 valence electrons. The molecule has 0 aliphatic rings. The summed E-state index contributed by atoms with van der Waals surface area (Å²) < 4.78 is 23.7. The zero-order chi connectivity index (χ0) is 17.7. The largest absolute Gasteiger partial charge is 0.493 e. The van der Waals surface area contributed by atoms with E-state index in [2.05, 4.69) is 5.32 Å². The molecule has 0 aromatic heterocycles. The number of benzene rings is 2. The Morgan fingerprint density at radius 3 is 2.62 bits per heavy atom. The Labute approximate surface area is 137 Å². The van der Waals surface area contributed by atoms with Crippen molar-refractivity contribution in [2.24, 2.45) is 0 Å². The maximum Gasteiger partial charge on any atom is 0.273 e. The van der Waals surface area contributed by atoms with Crippen molar-refractivity contribution in [1.29, 1.82) is 0 Å². The first kappa shape index (κ1) is 17.2. The maximum absolute atomic E-state index is 13.4. The molecule has 2 aromatic rings. The fourth-order valence-corrected chi connectivity index (χ4v) is 1.90. The van der Waals surface area contributed by atoms with Gasteiger partial charge in [0.25, 0.3) is 11.6 Å². The Balaban J connectivity index is 2.04. The molecule has 2 aromatic carbocycles. The highest BCUT2D eigenvalue weighted by atomic mass is 19.1. The summed E-state index contributed by atoms with van der Waals surface area (Å²) in [4.78, 5) is 22.1. The van der Waals surface area contributed by atoms with E-state index in [0.717, 1.165) is 6.07 Å². The van der Waals surface area contributed by atoms with Crippen molar-refractivity contribution in [3.63, 3.8) is 0 Å². The van der Waals surface area contributed by atoms with Gasteiger partial charge < -0.3 is 14.8 Å². The number of hydrogen-bond acceptors (Lipinski definition) is 5. The highest BCUT2D eigenvalue weighted by Crippen LogP contribution is 2.31. The highest BCUT2D eigenvalue weighted by molar-refractivity contribution is 5.91. The minimum absolute atomic E-state index is 0.0666. The van der Waals surface area contributed by atoms with E-state index in [0.29, 0.717) is 5.56 Å². The summed E-state index contributed by atoms with van der Waals surface area (Å²) >= 11 is 0. The fraction of sp³-hybridized carbons (Fsp3) is 0.188. The fourth-order valence-electron chi connectivity index (χ4n) is 1.90. The van der Waals surface area contributed by atoms with E-state index in [9.17, 15) is 19.3 Å². The lowest BCUT2D eigenvalue weighted by Crippen LogP contribution is -2.20. The number of nitrogens with zero attached hydrogens (tertiary/aromatic N) is 1. The van der Waals surface area contributed by atoms with Crippen LogP contribution in [0.2, 0.25) is 0 Å².